The normalized spacial score (nSPS) is 18.5. The number of nitrogens with one attached hydrogen (secondary N) is 1. The maximum Gasteiger partial charge on any atom is 0.251 e. The maximum atomic E-state index is 12.6. The summed E-state index contributed by atoms with van der Waals surface area (Å²) in [6, 6.07) is 0. The SMILES string of the molecule is CCCn1c(SCC(=O)Nc2sc3c(c2C(N)=O)CCC(C)C3)nnc1C1CC1. The number of nitrogens with two attached hydrogens (primary N) is 1. The average molecular weight is 434 g/mol. The number of carbonyl (C=O) groups excluding carboxylic acids is 2. The Morgan fingerprint density at radius 3 is 2.79 bits per heavy atom. The molecule has 0 radical (unpaired) electrons. The van der Waals surface area contributed by atoms with E-state index in [9.17, 15) is 9.59 Å². The third-order valence-corrected chi connectivity index (χ3v) is 7.62. The lowest BCUT2D eigenvalue weighted by Crippen LogP contribution is -2.20. The summed E-state index contributed by atoms with van der Waals surface area (Å²) in [7, 11) is 0. The number of carbonyl (C=O) groups is 2. The molecule has 9 heteroatoms. The molecule has 1 saturated carbocycles. The largest absolute Gasteiger partial charge is 0.365 e. The molecule has 0 bridgehead atoms. The molecular weight excluding hydrogens is 406 g/mol. The number of hydrogen-bond donors (Lipinski definition) is 2. The van der Waals surface area contributed by atoms with E-state index in [-0.39, 0.29) is 11.7 Å². The van der Waals surface area contributed by atoms with Gasteiger partial charge in [-0.15, -0.1) is 21.5 Å². The van der Waals surface area contributed by atoms with Crippen molar-refractivity contribution in [3.05, 3.63) is 21.8 Å². The lowest BCUT2D eigenvalue weighted by Gasteiger charge is -2.18. The van der Waals surface area contributed by atoms with E-state index in [1.165, 1.54) is 40.8 Å². The number of thioether (sulfide) groups is 1. The molecule has 3 N–H and O–H groups in total. The minimum atomic E-state index is -0.461. The van der Waals surface area contributed by atoms with Crippen molar-refractivity contribution in [3.63, 3.8) is 0 Å². The second-order valence-electron chi connectivity index (χ2n) is 8.02. The molecule has 0 aromatic carbocycles. The molecule has 0 aliphatic heterocycles. The second-order valence-corrected chi connectivity index (χ2v) is 10.1. The van der Waals surface area contributed by atoms with Crippen molar-refractivity contribution in [2.24, 2.45) is 11.7 Å². The van der Waals surface area contributed by atoms with Gasteiger partial charge in [0.15, 0.2) is 5.16 Å². The van der Waals surface area contributed by atoms with Gasteiger partial charge in [0, 0.05) is 17.3 Å². The van der Waals surface area contributed by atoms with Crippen LogP contribution in [0.3, 0.4) is 0 Å². The molecule has 2 amide bonds. The van der Waals surface area contributed by atoms with Gasteiger partial charge in [0.25, 0.3) is 5.91 Å². The Morgan fingerprint density at radius 2 is 2.10 bits per heavy atom. The van der Waals surface area contributed by atoms with E-state index < -0.39 is 5.91 Å². The molecule has 7 nitrogen and oxygen atoms in total. The summed E-state index contributed by atoms with van der Waals surface area (Å²) in [6.45, 7) is 5.21. The monoisotopic (exact) mass is 433 g/mol. The van der Waals surface area contributed by atoms with Crippen molar-refractivity contribution in [2.45, 2.75) is 70.0 Å². The highest BCUT2D eigenvalue weighted by molar-refractivity contribution is 7.99. The maximum absolute atomic E-state index is 12.6. The van der Waals surface area contributed by atoms with Crippen molar-refractivity contribution in [1.82, 2.24) is 14.8 Å². The topological polar surface area (TPSA) is 103 Å². The Bertz CT molecular complexity index is 932. The van der Waals surface area contributed by atoms with Gasteiger partial charge in [0.1, 0.15) is 10.8 Å². The first kappa shape index (κ1) is 20.4. The standard InChI is InChI=1S/C20H27N5O2S2/c1-3-8-25-18(12-5-6-12)23-24-20(25)28-10-15(26)22-19-16(17(21)27)13-7-4-11(2)9-14(13)29-19/h11-12H,3-10H2,1-2H3,(H2,21,27)(H,22,26). The summed E-state index contributed by atoms with van der Waals surface area (Å²) in [4.78, 5) is 25.8. The third-order valence-electron chi connectivity index (χ3n) is 5.48. The van der Waals surface area contributed by atoms with Crippen LogP contribution >= 0.6 is 23.1 Å². The van der Waals surface area contributed by atoms with Crippen LogP contribution in [-0.2, 0) is 24.2 Å². The number of anilines is 1. The molecular formula is C20H27N5O2S2. The summed E-state index contributed by atoms with van der Waals surface area (Å²) in [5.41, 5.74) is 7.17. The Kier molecular flexibility index (Phi) is 5.96. The molecule has 1 atom stereocenters. The van der Waals surface area contributed by atoms with E-state index in [0.29, 0.717) is 22.4 Å². The minimum Gasteiger partial charge on any atom is -0.365 e. The number of amides is 2. The van der Waals surface area contributed by atoms with Crippen LogP contribution in [0.4, 0.5) is 5.00 Å². The molecule has 29 heavy (non-hydrogen) atoms. The van der Waals surface area contributed by atoms with Crippen LogP contribution in [0.5, 0.6) is 0 Å². The van der Waals surface area contributed by atoms with Gasteiger partial charge in [-0.3, -0.25) is 9.59 Å². The zero-order valence-corrected chi connectivity index (χ0v) is 18.5. The van der Waals surface area contributed by atoms with Gasteiger partial charge in [-0.2, -0.15) is 0 Å². The zero-order chi connectivity index (χ0) is 20.5. The fraction of sp³-hybridized carbons (Fsp3) is 0.600. The molecule has 1 unspecified atom stereocenters. The number of nitrogens with zero attached hydrogens (tertiary/aromatic N) is 3. The number of primary amides is 1. The average Bonchev–Trinajstić information content (AvgIpc) is 3.34. The predicted octanol–water partition coefficient (Wildman–Crippen LogP) is 3.58. The summed E-state index contributed by atoms with van der Waals surface area (Å²) < 4.78 is 2.15. The summed E-state index contributed by atoms with van der Waals surface area (Å²) in [6.07, 6.45) is 6.17. The quantitative estimate of drug-likeness (QED) is 0.620. The van der Waals surface area contributed by atoms with E-state index >= 15 is 0 Å². The van der Waals surface area contributed by atoms with Crippen LogP contribution in [0.1, 0.15) is 72.1 Å². The van der Waals surface area contributed by atoms with E-state index in [1.807, 2.05) is 0 Å². The highest BCUT2D eigenvalue weighted by atomic mass is 32.2. The van der Waals surface area contributed by atoms with Crippen molar-refractivity contribution in [2.75, 3.05) is 11.1 Å². The van der Waals surface area contributed by atoms with Crippen molar-refractivity contribution in [1.29, 1.82) is 0 Å². The molecule has 2 aromatic rings. The molecule has 156 valence electrons. The highest BCUT2D eigenvalue weighted by Gasteiger charge is 2.30. The van der Waals surface area contributed by atoms with E-state index in [4.69, 9.17) is 5.73 Å². The molecule has 0 saturated heterocycles. The number of fused-ring (bicyclic) bond motifs is 1. The van der Waals surface area contributed by atoms with Crippen molar-refractivity contribution in [3.8, 4) is 0 Å². The first-order valence-corrected chi connectivity index (χ1v) is 12.1. The number of rotatable bonds is 8. The van der Waals surface area contributed by atoms with Gasteiger partial charge >= 0.3 is 0 Å². The molecule has 2 aliphatic carbocycles. The molecule has 2 heterocycles. The van der Waals surface area contributed by atoms with Crippen LogP contribution < -0.4 is 11.1 Å². The van der Waals surface area contributed by atoms with E-state index in [2.05, 4.69) is 33.9 Å². The van der Waals surface area contributed by atoms with Gasteiger partial charge in [-0.1, -0.05) is 25.6 Å². The van der Waals surface area contributed by atoms with Crippen LogP contribution in [0.15, 0.2) is 5.16 Å². The Labute approximate surface area is 178 Å². The third kappa shape index (κ3) is 4.35. The van der Waals surface area contributed by atoms with Crippen LogP contribution in [0, 0.1) is 5.92 Å². The number of aromatic nitrogens is 3. The van der Waals surface area contributed by atoms with E-state index in [0.717, 1.165) is 48.8 Å². The van der Waals surface area contributed by atoms with Gasteiger partial charge < -0.3 is 15.6 Å². The number of hydrogen-bond acceptors (Lipinski definition) is 6. The molecule has 1 fully saturated rings. The lowest BCUT2D eigenvalue weighted by atomic mass is 9.88. The predicted molar refractivity (Wildman–Crippen MR) is 116 cm³/mol. The van der Waals surface area contributed by atoms with Crippen LogP contribution in [-0.4, -0.2) is 32.3 Å². The van der Waals surface area contributed by atoms with Gasteiger partial charge in [0.2, 0.25) is 5.91 Å². The fourth-order valence-electron chi connectivity index (χ4n) is 3.88. The summed E-state index contributed by atoms with van der Waals surface area (Å²) >= 11 is 2.89. The zero-order valence-electron chi connectivity index (χ0n) is 16.9. The van der Waals surface area contributed by atoms with Crippen molar-refractivity contribution >= 4 is 39.9 Å². The van der Waals surface area contributed by atoms with Gasteiger partial charge in [-0.25, -0.2) is 0 Å². The Morgan fingerprint density at radius 1 is 1.31 bits per heavy atom. The minimum absolute atomic E-state index is 0.150. The van der Waals surface area contributed by atoms with Gasteiger partial charge in [0.05, 0.1) is 11.3 Å². The smallest absolute Gasteiger partial charge is 0.251 e. The number of thiophene rings is 1. The molecule has 2 aliphatic rings. The molecule has 2 aromatic heterocycles. The van der Waals surface area contributed by atoms with Crippen LogP contribution in [0.25, 0.3) is 0 Å². The van der Waals surface area contributed by atoms with Crippen molar-refractivity contribution < 1.29 is 9.59 Å². The Balaban J connectivity index is 1.45. The lowest BCUT2D eigenvalue weighted by molar-refractivity contribution is -0.113. The summed E-state index contributed by atoms with van der Waals surface area (Å²) in [5.74, 6) is 1.77. The highest BCUT2D eigenvalue weighted by Crippen LogP contribution is 2.41. The van der Waals surface area contributed by atoms with Gasteiger partial charge in [-0.05, 0) is 50.0 Å². The van der Waals surface area contributed by atoms with Crippen LogP contribution in [0.2, 0.25) is 0 Å². The summed E-state index contributed by atoms with van der Waals surface area (Å²) in [5, 5.41) is 13.0. The fourth-order valence-corrected chi connectivity index (χ4v) is 6.08. The first-order valence-electron chi connectivity index (χ1n) is 10.3. The Hall–Kier alpha value is -1.87. The first-order chi connectivity index (χ1) is 14.0. The molecule has 0 spiro atoms. The molecule has 4 rings (SSSR count). The van der Waals surface area contributed by atoms with E-state index in [1.54, 1.807) is 0 Å². The second kappa shape index (κ2) is 8.47.